The van der Waals surface area contributed by atoms with Gasteiger partial charge >= 0.3 is 0 Å². The zero-order valence-corrected chi connectivity index (χ0v) is 12.7. The standard InChI is InChI=1S/C17H11BrN2O/c1-19-14-7-13-8-15(10-20-17(13)16(18)9-14)21-11-12-5-3-2-4-6-12/h2-10H,11H2. The highest BCUT2D eigenvalue weighted by Crippen LogP contribution is 2.30. The Morgan fingerprint density at radius 1 is 1.14 bits per heavy atom. The Labute approximate surface area is 131 Å². The lowest BCUT2D eigenvalue weighted by molar-refractivity contribution is 0.305. The molecule has 0 aliphatic heterocycles. The molecule has 0 N–H and O–H groups in total. The summed E-state index contributed by atoms with van der Waals surface area (Å²) in [5, 5.41) is 0.890. The first-order valence-corrected chi connectivity index (χ1v) is 7.19. The number of fused-ring (bicyclic) bond motifs is 1. The molecule has 3 aromatic rings. The first kappa shape index (κ1) is 13.6. The van der Waals surface area contributed by atoms with Crippen molar-refractivity contribution < 1.29 is 4.74 Å². The highest BCUT2D eigenvalue weighted by Gasteiger charge is 2.05. The summed E-state index contributed by atoms with van der Waals surface area (Å²) in [6.07, 6.45) is 1.70. The van der Waals surface area contributed by atoms with E-state index >= 15 is 0 Å². The lowest BCUT2D eigenvalue weighted by atomic mass is 10.2. The quantitative estimate of drug-likeness (QED) is 0.619. The predicted molar refractivity (Wildman–Crippen MR) is 86.5 cm³/mol. The van der Waals surface area contributed by atoms with Crippen LogP contribution in [0.3, 0.4) is 0 Å². The summed E-state index contributed by atoms with van der Waals surface area (Å²) in [6, 6.07) is 15.5. The number of nitrogens with zero attached hydrogens (tertiary/aromatic N) is 2. The molecule has 21 heavy (non-hydrogen) atoms. The van der Waals surface area contributed by atoms with Gasteiger partial charge < -0.3 is 4.74 Å². The van der Waals surface area contributed by atoms with E-state index < -0.39 is 0 Å². The number of halogens is 1. The summed E-state index contributed by atoms with van der Waals surface area (Å²) < 4.78 is 6.58. The number of aromatic nitrogens is 1. The van der Waals surface area contributed by atoms with Gasteiger partial charge in [0.15, 0.2) is 5.69 Å². The molecule has 0 radical (unpaired) electrons. The number of ether oxygens (including phenoxy) is 1. The predicted octanol–water partition coefficient (Wildman–Crippen LogP) is 5.13. The minimum absolute atomic E-state index is 0.498. The maximum absolute atomic E-state index is 7.12. The molecular formula is C17H11BrN2O. The summed E-state index contributed by atoms with van der Waals surface area (Å²) in [5.74, 6) is 0.695. The van der Waals surface area contributed by atoms with Crippen LogP contribution in [0.2, 0.25) is 0 Å². The zero-order chi connectivity index (χ0) is 14.7. The van der Waals surface area contributed by atoms with Crippen molar-refractivity contribution in [1.82, 2.24) is 4.98 Å². The van der Waals surface area contributed by atoms with E-state index in [2.05, 4.69) is 25.8 Å². The van der Waals surface area contributed by atoms with E-state index in [4.69, 9.17) is 11.3 Å². The fourth-order valence-electron chi connectivity index (χ4n) is 2.05. The van der Waals surface area contributed by atoms with Crippen molar-refractivity contribution in [3.8, 4) is 5.75 Å². The minimum Gasteiger partial charge on any atom is -0.487 e. The van der Waals surface area contributed by atoms with Crippen molar-refractivity contribution in [2.45, 2.75) is 6.61 Å². The average molecular weight is 339 g/mol. The molecule has 0 unspecified atom stereocenters. The lowest BCUT2D eigenvalue weighted by Crippen LogP contribution is -1.95. The van der Waals surface area contributed by atoms with Gasteiger partial charge in [0.25, 0.3) is 0 Å². The maximum Gasteiger partial charge on any atom is 0.189 e. The minimum atomic E-state index is 0.498. The second-order valence-corrected chi connectivity index (χ2v) is 5.41. The van der Waals surface area contributed by atoms with Gasteiger partial charge in [-0.05, 0) is 45.1 Å². The Balaban J connectivity index is 1.89. The monoisotopic (exact) mass is 338 g/mol. The van der Waals surface area contributed by atoms with Gasteiger partial charge in [0.2, 0.25) is 0 Å². The van der Waals surface area contributed by atoms with Crippen LogP contribution in [-0.2, 0) is 6.61 Å². The van der Waals surface area contributed by atoms with Gasteiger partial charge in [-0.3, -0.25) is 4.98 Å². The van der Waals surface area contributed by atoms with Gasteiger partial charge in [0.05, 0.1) is 18.3 Å². The van der Waals surface area contributed by atoms with Gasteiger partial charge in [-0.15, -0.1) is 0 Å². The van der Waals surface area contributed by atoms with Crippen LogP contribution in [0.1, 0.15) is 5.56 Å². The Hall–Kier alpha value is -2.38. The van der Waals surface area contributed by atoms with Crippen LogP contribution in [0.5, 0.6) is 5.75 Å². The van der Waals surface area contributed by atoms with Crippen LogP contribution in [0.4, 0.5) is 5.69 Å². The number of benzene rings is 2. The summed E-state index contributed by atoms with van der Waals surface area (Å²) in [4.78, 5) is 7.85. The molecule has 1 heterocycles. The fraction of sp³-hybridized carbons (Fsp3) is 0.0588. The van der Waals surface area contributed by atoms with Crippen LogP contribution in [0.15, 0.2) is 59.2 Å². The van der Waals surface area contributed by atoms with Crippen molar-refractivity contribution in [3.63, 3.8) is 0 Å². The second-order valence-electron chi connectivity index (χ2n) is 4.56. The molecule has 0 spiro atoms. The molecule has 0 amide bonds. The molecule has 0 fully saturated rings. The van der Waals surface area contributed by atoms with Crippen molar-refractivity contribution >= 4 is 32.5 Å². The van der Waals surface area contributed by atoms with E-state index in [1.54, 1.807) is 12.3 Å². The fourth-order valence-corrected chi connectivity index (χ4v) is 2.62. The van der Waals surface area contributed by atoms with E-state index in [-0.39, 0.29) is 0 Å². The van der Waals surface area contributed by atoms with Crippen LogP contribution >= 0.6 is 15.9 Å². The van der Waals surface area contributed by atoms with Crippen molar-refractivity contribution in [1.29, 1.82) is 0 Å². The first-order chi connectivity index (χ1) is 10.3. The molecule has 0 aliphatic carbocycles. The third-order valence-electron chi connectivity index (χ3n) is 3.07. The number of rotatable bonds is 3. The van der Waals surface area contributed by atoms with Crippen molar-refractivity contribution in [3.05, 3.63) is 76.2 Å². The van der Waals surface area contributed by atoms with Gasteiger partial charge in [0, 0.05) is 4.47 Å². The van der Waals surface area contributed by atoms with Gasteiger partial charge in [-0.2, -0.15) is 0 Å². The highest BCUT2D eigenvalue weighted by atomic mass is 79.9. The molecule has 4 heteroatoms. The molecule has 2 aromatic carbocycles. The van der Waals surface area contributed by atoms with E-state index in [0.717, 1.165) is 20.9 Å². The molecule has 0 atom stereocenters. The molecule has 3 rings (SSSR count). The van der Waals surface area contributed by atoms with Crippen LogP contribution in [0.25, 0.3) is 15.7 Å². The molecule has 102 valence electrons. The van der Waals surface area contributed by atoms with E-state index in [0.29, 0.717) is 18.0 Å². The van der Waals surface area contributed by atoms with Crippen molar-refractivity contribution in [2.75, 3.05) is 0 Å². The van der Waals surface area contributed by atoms with Crippen molar-refractivity contribution in [2.24, 2.45) is 0 Å². The largest absolute Gasteiger partial charge is 0.487 e. The third-order valence-corrected chi connectivity index (χ3v) is 3.68. The molecule has 3 nitrogen and oxygen atoms in total. The smallest absolute Gasteiger partial charge is 0.189 e. The van der Waals surface area contributed by atoms with Gasteiger partial charge in [-0.1, -0.05) is 30.3 Å². The molecule has 0 bridgehead atoms. The highest BCUT2D eigenvalue weighted by molar-refractivity contribution is 9.10. The topological polar surface area (TPSA) is 26.5 Å². The van der Waals surface area contributed by atoms with E-state index in [1.807, 2.05) is 42.5 Å². The number of hydrogen-bond donors (Lipinski definition) is 0. The summed E-state index contributed by atoms with van der Waals surface area (Å²) in [7, 11) is 0. The second kappa shape index (κ2) is 5.94. The summed E-state index contributed by atoms with van der Waals surface area (Å²) in [6.45, 7) is 7.61. The Morgan fingerprint density at radius 2 is 1.95 bits per heavy atom. The van der Waals surface area contributed by atoms with Crippen LogP contribution < -0.4 is 4.74 Å². The Kier molecular flexibility index (Phi) is 3.85. The maximum atomic E-state index is 7.12. The van der Waals surface area contributed by atoms with Crippen LogP contribution in [0, 0.1) is 6.57 Å². The SMILES string of the molecule is [C-]#[N+]c1cc(Br)c2ncc(OCc3ccccc3)cc2c1. The van der Waals surface area contributed by atoms with Crippen LogP contribution in [-0.4, -0.2) is 4.98 Å². The molecule has 0 aliphatic rings. The molecular weight excluding hydrogens is 328 g/mol. The normalized spacial score (nSPS) is 10.3. The van der Waals surface area contributed by atoms with E-state index in [9.17, 15) is 0 Å². The first-order valence-electron chi connectivity index (χ1n) is 6.40. The number of pyridine rings is 1. The van der Waals surface area contributed by atoms with Gasteiger partial charge in [0.1, 0.15) is 12.4 Å². The summed E-state index contributed by atoms with van der Waals surface area (Å²) in [5.41, 5.74) is 2.51. The molecule has 0 saturated carbocycles. The molecule has 0 saturated heterocycles. The Bertz CT molecular complexity index is 825. The molecule has 1 aromatic heterocycles. The average Bonchev–Trinajstić information content (AvgIpc) is 2.53. The summed E-state index contributed by atoms with van der Waals surface area (Å²) >= 11 is 3.44. The van der Waals surface area contributed by atoms with Gasteiger partial charge in [-0.25, -0.2) is 4.85 Å². The Morgan fingerprint density at radius 3 is 2.71 bits per heavy atom. The lowest BCUT2D eigenvalue weighted by Gasteiger charge is -2.08. The zero-order valence-electron chi connectivity index (χ0n) is 11.1. The van der Waals surface area contributed by atoms with E-state index in [1.165, 1.54) is 0 Å². The number of hydrogen-bond acceptors (Lipinski definition) is 2. The third kappa shape index (κ3) is 3.04.